The van der Waals surface area contributed by atoms with Crippen molar-refractivity contribution in [3.63, 3.8) is 0 Å². The molecule has 0 unspecified atom stereocenters. The molecule has 96 valence electrons. The van der Waals surface area contributed by atoms with Gasteiger partial charge in [0, 0.05) is 11.3 Å². The van der Waals surface area contributed by atoms with E-state index in [0.29, 0.717) is 16.8 Å². The van der Waals surface area contributed by atoms with E-state index in [0.717, 1.165) is 11.1 Å². The van der Waals surface area contributed by atoms with Crippen molar-refractivity contribution < 1.29 is 9.90 Å². The molecule has 0 aromatic heterocycles. The lowest BCUT2D eigenvalue weighted by Crippen LogP contribution is -2.35. The number of carbonyl (C=O) groups excluding carboxylic acids is 1. The van der Waals surface area contributed by atoms with E-state index in [1.165, 1.54) is 0 Å². The predicted molar refractivity (Wildman–Crippen MR) is 74.0 cm³/mol. The normalized spacial score (nSPS) is 21.1. The number of nitrogens with one attached hydrogen (secondary N) is 1. The van der Waals surface area contributed by atoms with Crippen molar-refractivity contribution in [2.45, 2.75) is 19.4 Å². The molecule has 3 heteroatoms. The second-order valence-corrected chi connectivity index (χ2v) is 5.08. The number of hydrogen-bond donors (Lipinski definition) is 2. The third kappa shape index (κ3) is 1.66. The fourth-order valence-corrected chi connectivity index (χ4v) is 2.48. The minimum atomic E-state index is -1.59. The molecular weight excluding hydrogens is 238 g/mol. The van der Waals surface area contributed by atoms with E-state index >= 15 is 0 Å². The van der Waals surface area contributed by atoms with Gasteiger partial charge in [-0.05, 0) is 25.5 Å². The van der Waals surface area contributed by atoms with Crippen LogP contribution in [0, 0.1) is 13.8 Å². The van der Waals surface area contributed by atoms with E-state index in [2.05, 4.69) is 5.32 Å². The molecule has 2 aromatic carbocycles. The maximum absolute atomic E-state index is 12.2. The number of fused-ring (bicyclic) bond motifs is 1. The van der Waals surface area contributed by atoms with E-state index in [1.54, 1.807) is 12.1 Å². The van der Waals surface area contributed by atoms with E-state index in [-0.39, 0.29) is 0 Å². The number of anilines is 1. The molecule has 1 amide bonds. The first-order valence-electron chi connectivity index (χ1n) is 6.24. The molecule has 19 heavy (non-hydrogen) atoms. The third-order valence-corrected chi connectivity index (χ3v) is 3.61. The second-order valence-electron chi connectivity index (χ2n) is 5.08. The van der Waals surface area contributed by atoms with Crippen LogP contribution in [0.2, 0.25) is 0 Å². The number of amides is 1. The molecule has 0 radical (unpaired) electrons. The fraction of sp³-hybridized carbons (Fsp3) is 0.188. The van der Waals surface area contributed by atoms with Gasteiger partial charge in [-0.15, -0.1) is 0 Å². The number of aryl methyl sites for hydroxylation is 2. The Kier molecular flexibility index (Phi) is 2.47. The lowest BCUT2D eigenvalue weighted by atomic mass is 9.86. The van der Waals surface area contributed by atoms with Gasteiger partial charge in [0.2, 0.25) is 0 Å². The monoisotopic (exact) mass is 253 g/mol. The molecule has 0 aliphatic carbocycles. The van der Waals surface area contributed by atoms with E-state index in [9.17, 15) is 9.90 Å². The number of rotatable bonds is 1. The number of aliphatic hydroxyl groups is 1. The highest BCUT2D eigenvalue weighted by Gasteiger charge is 2.46. The molecular formula is C16H15NO2. The number of carbonyl (C=O) groups is 1. The summed E-state index contributed by atoms with van der Waals surface area (Å²) in [6.07, 6.45) is 0. The predicted octanol–water partition coefficient (Wildman–Crippen LogP) is 2.49. The molecule has 0 spiro atoms. The molecule has 3 nitrogen and oxygen atoms in total. The minimum Gasteiger partial charge on any atom is -0.372 e. The van der Waals surface area contributed by atoms with Gasteiger partial charge in [0.1, 0.15) is 0 Å². The summed E-state index contributed by atoms with van der Waals surface area (Å²) in [5, 5.41) is 13.6. The first kappa shape index (κ1) is 11.9. The van der Waals surface area contributed by atoms with Crippen LogP contribution < -0.4 is 5.32 Å². The van der Waals surface area contributed by atoms with Crippen LogP contribution in [-0.2, 0) is 10.4 Å². The lowest BCUT2D eigenvalue weighted by Gasteiger charge is -2.21. The molecule has 1 heterocycles. The minimum absolute atomic E-state index is 0.392. The van der Waals surface area contributed by atoms with Gasteiger partial charge >= 0.3 is 0 Å². The summed E-state index contributed by atoms with van der Waals surface area (Å²) < 4.78 is 0. The van der Waals surface area contributed by atoms with E-state index in [1.807, 2.05) is 44.2 Å². The summed E-state index contributed by atoms with van der Waals surface area (Å²) in [7, 11) is 0. The number of hydrogen-bond acceptors (Lipinski definition) is 2. The zero-order valence-electron chi connectivity index (χ0n) is 10.9. The third-order valence-electron chi connectivity index (χ3n) is 3.61. The molecule has 1 atom stereocenters. The molecule has 1 aliphatic rings. The Morgan fingerprint density at radius 3 is 2.32 bits per heavy atom. The lowest BCUT2D eigenvalue weighted by molar-refractivity contribution is -0.129. The topological polar surface area (TPSA) is 49.3 Å². The molecule has 0 saturated heterocycles. The van der Waals surface area contributed by atoms with Crippen LogP contribution in [0.15, 0.2) is 42.5 Å². The van der Waals surface area contributed by atoms with Gasteiger partial charge in [-0.3, -0.25) is 4.79 Å². The quantitative estimate of drug-likeness (QED) is 0.820. The Hall–Kier alpha value is -2.13. The summed E-state index contributed by atoms with van der Waals surface area (Å²) in [5.41, 5.74) is 2.42. The van der Waals surface area contributed by atoms with Gasteiger partial charge in [0.25, 0.3) is 5.91 Å². The Labute approximate surface area is 111 Å². The largest absolute Gasteiger partial charge is 0.372 e. The maximum Gasteiger partial charge on any atom is 0.265 e. The standard InChI is InChI=1S/C16H15NO2/c1-10-3-6-12(7-4-10)16(19)13-9-11(2)5-8-14(13)17-15(16)18/h3-9,19H,1-2H3,(H,17,18)/t16-/m1/s1. The molecule has 0 saturated carbocycles. The van der Waals surface area contributed by atoms with Crippen molar-refractivity contribution in [1.29, 1.82) is 0 Å². The smallest absolute Gasteiger partial charge is 0.265 e. The van der Waals surface area contributed by atoms with Gasteiger partial charge in [-0.25, -0.2) is 0 Å². The molecule has 2 aromatic rings. The Bertz CT molecular complexity index is 661. The Morgan fingerprint density at radius 2 is 1.63 bits per heavy atom. The van der Waals surface area contributed by atoms with Crippen molar-refractivity contribution in [2.75, 3.05) is 5.32 Å². The van der Waals surface area contributed by atoms with Gasteiger partial charge < -0.3 is 10.4 Å². The zero-order valence-corrected chi connectivity index (χ0v) is 10.9. The highest BCUT2D eigenvalue weighted by atomic mass is 16.3. The van der Waals surface area contributed by atoms with Crippen LogP contribution in [0.25, 0.3) is 0 Å². The number of benzene rings is 2. The summed E-state index contributed by atoms with van der Waals surface area (Å²) in [6.45, 7) is 3.92. The summed E-state index contributed by atoms with van der Waals surface area (Å²) in [6, 6.07) is 13.0. The van der Waals surface area contributed by atoms with Crippen LogP contribution in [0.4, 0.5) is 5.69 Å². The average Bonchev–Trinajstić information content (AvgIpc) is 2.64. The van der Waals surface area contributed by atoms with Crippen molar-refractivity contribution in [3.8, 4) is 0 Å². The van der Waals surface area contributed by atoms with E-state index < -0.39 is 11.5 Å². The molecule has 0 fully saturated rings. The van der Waals surface area contributed by atoms with Crippen LogP contribution in [0.5, 0.6) is 0 Å². The van der Waals surface area contributed by atoms with Crippen LogP contribution in [0.3, 0.4) is 0 Å². The first-order valence-corrected chi connectivity index (χ1v) is 6.24. The van der Waals surface area contributed by atoms with Crippen molar-refractivity contribution in [3.05, 3.63) is 64.7 Å². The Morgan fingerprint density at radius 1 is 1.00 bits per heavy atom. The van der Waals surface area contributed by atoms with Gasteiger partial charge in [-0.1, -0.05) is 47.5 Å². The maximum atomic E-state index is 12.2. The molecule has 2 N–H and O–H groups in total. The van der Waals surface area contributed by atoms with Gasteiger partial charge in [0.15, 0.2) is 5.60 Å². The van der Waals surface area contributed by atoms with Gasteiger partial charge in [-0.2, -0.15) is 0 Å². The summed E-state index contributed by atoms with van der Waals surface area (Å²) in [4.78, 5) is 12.2. The van der Waals surface area contributed by atoms with Crippen LogP contribution >= 0.6 is 0 Å². The molecule has 0 bridgehead atoms. The first-order chi connectivity index (χ1) is 9.01. The molecule has 3 rings (SSSR count). The van der Waals surface area contributed by atoms with Crippen molar-refractivity contribution in [1.82, 2.24) is 0 Å². The highest BCUT2D eigenvalue weighted by molar-refractivity contribution is 6.07. The van der Waals surface area contributed by atoms with Crippen LogP contribution in [-0.4, -0.2) is 11.0 Å². The van der Waals surface area contributed by atoms with Crippen molar-refractivity contribution in [2.24, 2.45) is 0 Å². The summed E-state index contributed by atoms with van der Waals surface area (Å²) in [5.74, 6) is -0.392. The second kappa shape index (κ2) is 3.93. The summed E-state index contributed by atoms with van der Waals surface area (Å²) >= 11 is 0. The SMILES string of the molecule is Cc1ccc([C@]2(O)C(=O)Nc3ccc(C)cc32)cc1. The van der Waals surface area contributed by atoms with Crippen LogP contribution in [0.1, 0.15) is 22.3 Å². The Balaban J connectivity index is 2.21. The average molecular weight is 253 g/mol. The van der Waals surface area contributed by atoms with Gasteiger partial charge in [0.05, 0.1) is 0 Å². The fourth-order valence-electron chi connectivity index (χ4n) is 2.48. The van der Waals surface area contributed by atoms with Crippen molar-refractivity contribution >= 4 is 11.6 Å². The zero-order chi connectivity index (χ0) is 13.6. The highest BCUT2D eigenvalue weighted by Crippen LogP contribution is 2.41. The molecule has 1 aliphatic heterocycles. The van der Waals surface area contributed by atoms with E-state index in [4.69, 9.17) is 0 Å².